The standard InChI is InChI=1S/C29H30N2O6S/c1-5-14-36-21-11-9-20(10-12-21)26-25(28(34)37-15-6-2)18(4)30-29-31(26)27(33)24(38-29)17-19-8-13-22(32)23(16-19)35-7-3/h6,8-13,16-17,26,32H,2,5,7,14-15H2,1,3-4H3. The van der Waals surface area contributed by atoms with Gasteiger partial charge >= 0.3 is 5.97 Å². The highest BCUT2D eigenvalue weighted by atomic mass is 32.1. The number of ether oxygens (including phenoxy) is 3. The van der Waals surface area contributed by atoms with Crippen molar-refractivity contribution in [3.63, 3.8) is 0 Å². The van der Waals surface area contributed by atoms with Crippen LogP contribution in [0.3, 0.4) is 0 Å². The molecule has 9 heteroatoms. The number of rotatable bonds is 10. The molecule has 8 nitrogen and oxygen atoms in total. The zero-order chi connectivity index (χ0) is 27.2. The minimum Gasteiger partial charge on any atom is -0.504 e. The summed E-state index contributed by atoms with van der Waals surface area (Å²) in [6.45, 7) is 10.2. The summed E-state index contributed by atoms with van der Waals surface area (Å²) in [4.78, 5) is 32.0. The van der Waals surface area contributed by atoms with E-state index in [4.69, 9.17) is 14.2 Å². The van der Waals surface area contributed by atoms with Gasteiger partial charge in [0.1, 0.15) is 12.4 Å². The number of carbonyl (C=O) groups is 1. The molecule has 2 heterocycles. The number of phenols is 1. The summed E-state index contributed by atoms with van der Waals surface area (Å²) in [6.07, 6.45) is 4.10. The van der Waals surface area contributed by atoms with E-state index in [0.29, 0.717) is 45.3 Å². The molecule has 0 aliphatic carbocycles. The number of nitrogens with zero attached hydrogens (tertiary/aromatic N) is 2. The highest BCUT2D eigenvalue weighted by Crippen LogP contribution is 2.32. The Balaban J connectivity index is 1.86. The zero-order valence-electron chi connectivity index (χ0n) is 21.6. The van der Waals surface area contributed by atoms with E-state index in [0.717, 1.165) is 12.0 Å². The average molecular weight is 535 g/mol. The Morgan fingerprint density at radius 3 is 2.63 bits per heavy atom. The van der Waals surface area contributed by atoms with E-state index in [-0.39, 0.29) is 23.5 Å². The second-order valence-electron chi connectivity index (χ2n) is 8.55. The van der Waals surface area contributed by atoms with Crippen molar-refractivity contribution >= 4 is 23.4 Å². The molecule has 1 aromatic heterocycles. The van der Waals surface area contributed by atoms with Gasteiger partial charge in [-0.15, -0.1) is 0 Å². The number of hydrogen-bond acceptors (Lipinski definition) is 8. The van der Waals surface area contributed by atoms with E-state index in [1.165, 1.54) is 28.0 Å². The van der Waals surface area contributed by atoms with Crippen LogP contribution in [0.5, 0.6) is 17.2 Å². The number of aromatic nitrogens is 1. The van der Waals surface area contributed by atoms with Gasteiger partial charge in [-0.1, -0.05) is 49.1 Å². The summed E-state index contributed by atoms with van der Waals surface area (Å²) >= 11 is 1.23. The van der Waals surface area contributed by atoms with Gasteiger partial charge in [0, 0.05) is 0 Å². The van der Waals surface area contributed by atoms with Gasteiger partial charge in [0.2, 0.25) is 0 Å². The smallest absolute Gasteiger partial charge is 0.338 e. The molecule has 0 spiro atoms. The predicted octanol–water partition coefficient (Wildman–Crippen LogP) is 3.86. The summed E-state index contributed by atoms with van der Waals surface area (Å²) in [5.74, 6) is 0.504. The third-order valence-corrected chi connectivity index (χ3v) is 6.81. The maximum absolute atomic E-state index is 13.8. The van der Waals surface area contributed by atoms with Gasteiger partial charge in [-0.25, -0.2) is 9.79 Å². The number of fused-ring (bicyclic) bond motifs is 1. The Morgan fingerprint density at radius 2 is 1.95 bits per heavy atom. The van der Waals surface area contributed by atoms with Gasteiger partial charge in [-0.2, -0.15) is 0 Å². The second-order valence-corrected chi connectivity index (χ2v) is 9.56. The van der Waals surface area contributed by atoms with Gasteiger partial charge in [0.05, 0.1) is 35.1 Å². The molecule has 1 aliphatic heterocycles. The quantitative estimate of drug-likeness (QED) is 0.313. The Kier molecular flexibility index (Phi) is 8.48. The largest absolute Gasteiger partial charge is 0.504 e. The summed E-state index contributed by atoms with van der Waals surface area (Å²) in [7, 11) is 0. The van der Waals surface area contributed by atoms with Crippen LogP contribution < -0.4 is 24.4 Å². The maximum atomic E-state index is 13.8. The molecule has 38 heavy (non-hydrogen) atoms. The van der Waals surface area contributed by atoms with Crippen molar-refractivity contribution in [2.75, 3.05) is 19.8 Å². The van der Waals surface area contributed by atoms with Crippen LogP contribution in [-0.4, -0.2) is 35.5 Å². The Bertz CT molecular complexity index is 1550. The van der Waals surface area contributed by atoms with Crippen LogP contribution >= 0.6 is 11.3 Å². The number of aromatic hydroxyl groups is 1. The Hall–Kier alpha value is -4.11. The fourth-order valence-electron chi connectivity index (χ4n) is 4.12. The SMILES string of the molecule is C=CCOC(=O)C1=C(C)N=c2sc(=Cc3ccc(O)c(OCC)c3)c(=O)n2C1c1ccc(OCCC)cc1. The molecule has 2 aromatic carbocycles. The summed E-state index contributed by atoms with van der Waals surface area (Å²) in [5.41, 5.74) is 1.89. The number of hydrogen-bond donors (Lipinski definition) is 1. The number of allylic oxidation sites excluding steroid dienone is 1. The van der Waals surface area contributed by atoms with Gasteiger partial charge < -0.3 is 19.3 Å². The lowest BCUT2D eigenvalue weighted by molar-refractivity contribution is -0.138. The molecular formula is C29H30N2O6S. The molecule has 1 atom stereocenters. The third-order valence-electron chi connectivity index (χ3n) is 5.82. The molecule has 0 saturated carbocycles. The molecule has 1 aliphatic rings. The summed E-state index contributed by atoms with van der Waals surface area (Å²) < 4.78 is 18.5. The van der Waals surface area contributed by atoms with Gasteiger partial charge in [0.25, 0.3) is 5.56 Å². The van der Waals surface area contributed by atoms with Crippen LogP contribution in [0.2, 0.25) is 0 Å². The van der Waals surface area contributed by atoms with Crippen molar-refractivity contribution in [1.29, 1.82) is 0 Å². The van der Waals surface area contributed by atoms with E-state index in [2.05, 4.69) is 11.6 Å². The number of esters is 1. The topological polar surface area (TPSA) is 99.4 Å². The lowest BCUT2D eigenvalue weighted by Crippen LogP contribution is -2.39. The summed E-state index contributed by atoms with van der Waals surface area (Å²) in [6, 6.07) is 11.5. The van der Waals surface area contributed by atoms with Gasteiger partial charge in [-0.3, -0.25) is 9.36 Å². The van der Waals surface area contributed by atoms with E-state index >= 15 is 0 Å². The molecule has 0 saturated heterocycles. The van der Waals surface area contributed by atoms with Crippen molar-refractivity contribution in [2.45, 2.75) is 33.2 Å². The van der Waals surface area contributed by atoms with Crippen molar-refractivity contribution in [3.05, 3.63) is 97.2 Å². The molecule has 1 N–H and O–H groups in total. The molecule has 0 fully saturated rings. The van der Waals surface area contributed by atoms with Crippen LogP contribution in [0.25, 0.3) is 6.08 Å². The number of benzene rings is 2. The normalized spacial score (nSPS) is 15.0. The average Bonchev–Trinajstić information content (AvgIpc) is 3.21. The highest BCUT2D eigenvalue weighted by molar-refractivity contribution is 7.07. The summed E-state index contributed by atoms with van der Waals surface area (Å²) in [5, 5.41) is 10.0. The zero-order valence-corrected chi connectivity index (χ0v) is 22.4. The van der Waals surface area contributed by atoms with E-state index in [1.54, 1.807) is 25.1 Å². The van der Waals surface area contributed by atoms with Gasteiger partial charge in [0.15, 0.2) is 16.3 Å². The minimum atomic E-state index is -0.732. The predicted molar refractivity (Wildman–Crippen MR) is 146 cm³/mol. The fourth-order valence-corrected chi connectivity index (χ4v) is 5.17. The molecule has 0 bridgehead atoms. The van der Waals surface area contributed by atoms with Crippen LogP contribution in [0.4, 0.5) is 0 Å². The highest BCUT2D eigenvalue weighted by Gasteiger charge is 2.33. The lowest BCUT2D eigenvalue weighted by atomic mass is 9.96. The van der Waals surface area contributed by atoms with Gasteiger partial charge in [-0.05, 0) is 61.7 Å². The van der Waals surface area contributed by atoms with Crippen molar-refractivity contribution < 1.29 is 24.1 Å². The van der Waals surface area contributed by atoms with Crippen LogP contribution in [0.1, 0.15) is 44.4 Å². The van der Waals surface area contributed by atoms with Crippen LogP contribution in [0.15, 0.2) is 76.2 Å². The first-order valence-electron chi connectivity index (χ1n) is 12.4. The first-order chi connectivity index (χ1) is 18.4. The van der Waals surface area contributed by atoms with Crippen molar-refractivity contribution in [1.82, 2.24) is 4.57 Å². The molecule has 3 aromatic rings. The first kappa shape index (κ1) is 26.9. The second kappa shape index (κ2) is 12.0. The van der Waals surface area contributed by atoms with Crippen molar-refractivity contribution in [2.24, 2.45) is 4.99 Å². The van der Waals surface area contributed by atoms with E-state index < -0.39 is 12.0 Å². The lowest BCUT2D eigenvalue weighted by Gasteiger charge is -2.24. The molecule has 1 unspecified atom stereocenters. The Labute approximate surface area is 224 Å². The van der Waals surface area contributed by atoms with E-state index in [1.807, 2.05) is 38.1 Å². The molecule has 4 rings (SSSR count). The number of carbonyl (C=O) groups excluding carboxylic acids is 1. The molecule has 0 radical (unpaired) electrons. The minimum absolute atomic E-state index is 0.0233. The number of phenolic OH excluding ortho intramolecular Hbond substituents is 1. The van der Waals surface area contributed by atoms with Crippen LogP contribution in [-0.2, 0) is 9.53 Å². The monoisotopic (exact) mass is 534 g/mol. The van der Waals surface area contributed by atoms with Crippen LogP contribution in [0, 0.1) is 0 Å². The fraction of sp³-hybridized carbons (Fsp3) is 0.276. The van der Waals surface area contributed by atoms with E-state index in [9.17, 15) is 14.7 Å². The molecular weight excluding hydrogens is 504 g/mol. The maximum Gasteiger partial charge on any atom is 0.338 e. The third kappa shape index (κ3) is 5.57. The molecule has 0 amide bonds. The first-order valence-corrected chi connectivity index (χ1v) is 13.2. The molecule has 198 valence electrons. The van der Waals surface area contributed by atoms with Crippen molar-refractivity contribution in [3.8, 4) is 17.2 Å². The Morgan fingerprint density at radius 1 is 1.18 bits per heavy atom. The number of thiazole rings is 1.